The molecule has 0 saturated carbocycles. The van der Waals surface area contributed by atoms with Crippen LogP contribution in [0, 0.1) is 6.92 Å². The molecule has 134 valence electrons. The maximum Gasteiger partial charge on any atom is 0.175 e. The molecule has 0 fully saturated rings. The predicted octanol–water partition coefficient (Wildman–Crippen LogP) is 5.96. The standard InChI is InChI=1S/C22H22BrNO2/c1-16-7-6-8-17(11-16)15-26-22-20(23)12-18(13-21(22)25-2)14-24-19-9-4-3-5-10-19/h3-13,24H,14-15H2,1-2H3. The van der Waals surface area contributed by atoms with Crippen molar-refractivity contribution in [2.24, 2.45) is 0 Å². The van der Waals surface area contributed by atoms with Crippen LogP contribution >= 0.6 is 15.9 Å². The molecular weight excluding hydrogens is 390 g/mol. The van der Waals surface area contributed by atoms with E-state index >= 15 is 0 Å². The molecule has 0 atom stereocenters. The molecule has 0 aliphatic carbocycles. The second-order valence-corrected chi connectivity index (χ2v) is 6.96. The van der Waals surface area contributed by atoms with E-state index in [1.54, 1.807) is 7.11 Å². The first-order chi connectivity index (χ1) is 12.7. The summed E-state index contributed by atoms with van der Waals surface area (Å²) in [6, 6.07) is 22.5. The summed E-state index contributed by atoms with van der Waals surface area (Å²) in [6.07, 6.45) is 0. The van der Waals surface area contributed by atoms with Gasteiger partial charge in [-0.05, 0) is 58.2 Å². The Kier molecular flexibility index (Phi) is 6.18. The lowest BCUT2D eigenvalue weighted by molar-refractivity contribution is 0.282. The average Bonchev–Trinajstić information content (AvgIpc) is 2.66. The van der Waals surface area contributed by atoms with Crippen molar-refractivity contribution in [3.05, 3.63) is 87.9 Å². The zero-order valence-electron chi connectivity index (χ0n) is 15.0. The van der Waals surface area contributed by atoms with E-state index in [2.05, 4.69) is 52.4 Å². The summed E-state index contributed by atoms with van der Waals surface area (Å²) in [5, 5.41) is 3.41. The van der Waals surface area contributed by atoms with Gasteiger partial charge in [-0.1, -0.05) is 48.0 Å². The fraction of sp³-hybridized carbons (Fsp3) is 0.182. The van der Waals surface area contributed by atoms with Crippen molar-refractivity contribution in [1.29, 1.82) is 0 Å². The minimum atomic E-state index is 0.498. The minimum Gasteiger partial charge on any atom is -0.493 e. The van der Waals surface area contributed by atoms with Crippen molar-refractivity contribution < 1.29 is 9.47 Å². The number of methoxy groups -OCH3 is 1. The normalized spacial score (nSPS) is 10.4. The summed E-state index contributed by atoms with van der Waals surface area (Å²) in [6.45, 7) is 3.28. The smallest absolute Gasteiger partial charge is 0.175 e. The number of nitrogens with one attached hydrogen (secondary N) is 1. The second kappa shape index (κ2) is 8.77. The van der Waals surface area contributed by atoms with E-state index in [0.29, 0.717) is 13.2 Å². The van der Waals surface area contributed by atoms with Gasteiger partial charge in [-0.25, -0.2) is 0 Å². The SMILES string of the molecule is COc1cc(CNc2ccccc2)cc(Br)c1OCc1cccc(C)c1. The highest BCUT2D eigenvalue weighted by atomic mass is 79.9. The Morgan fingerprint density at radius 2 is 1.73 bits per heavy atom. The van der Waals surface area contributed by atoms with Crippen LogP contribution in [0.25, 0.3) is 0 Å². The summed E-state index contributed by atoms with van der Waals surface area (Å²) in [5.74, 6) is 1.44. The molecule has 0 saturated heterocycles. The van der Waals surface area contributed by atoms with Crippen LogP contribution < -0.4 is 14.8 Å². The summed E-state index contributed by atoms with van der Waals surface area (Å²) in [4.78, 5) is 0. The van der Waals surface area contributed by atoms with Crippen LogP contribution in [0.3, 0.4) is 0 Å². The van der Waals surface area contributed by atoms with Crippen LogP contribution in [-0.2, 0) is 13.2 Å². The molecule has 0 aromatic heterocycles. The minimum absolute atomic E-state index is 0.498. The van der Waals surface area contributed by atoms with Gasteiger partial charge >= 0.3 is 0 Å². The largest absolute Gasteiger partial charge is 0.493 e. The molecule has 0 spiro atoms. The third-order valence-electron chi connectivity index (χ3n) is 4.03. The topological polar surface area (TPSA) is 30.5 Å². The van der Waals surface area contributed by atoms with Crippen molar-refractivity contribution in [3.63, 3.8) is 0 Å². The maximum atomic E-state index is 6.03. The molecule has 3 aromatic carbocycles. The van der Waals surface area contributed by atoms with E-state index in [1.807, 2.05) is 42.5 Å². The number of anilines is 1. The Morgan fingerprint density at radius 1 is 0.923 bits per heavy atom. The van der Waals surface area contributed by atoms with Crippen molar-refractivity contribution in [2.45, 2.75) is 20.1 Å². The van der Waals surface area contributed by atoms with Gasteiger partial charge in [-0.3, -0.25) is 0 Å². The molecule has 3 rings (SSSR count). The monoisotopic (exact) mass is 411 g/mol. The molecule has 0 amide bonds. The van der Waals surface area contributed by atoms with Gasteiger partial charge in [0.15, 0.2) is 11.5 Å². The zero-order valence-corrected chi connectivity index (χ0v) is 16.5. The van der Waals surface area contributed by atoms with Gasteiger partial charge in [0.1, 0.15) is 6.61 Å². The van der Waals surface area contributed by atoms with Crippen LogP contribution in [0.2, 0.25) is 0 Å². The maximum absolute atomic E-state index is 6.03. The molecule has 0 bridgehead atoms. The number of ether oxygens (including phenoxy) is 2. The Balaban J connectivity index is 1.72. The highest BCUT2D eigenvalue weighted by Crippen LogP contribution is 2.37. The molecule has 4 heteroatoms. The molecule has 0 heterocycles. The van der Waals surface area contributed by atoms with Gasteiger partial charge in [-0.2, -0.15) is 0 Å². The lowest BCUT2D eigenvalue weighted by Gasteiger charge is -2.15. The van der Waals surface area contributed by atoms with Crippen molar-refractivity contribution in [2.75, 3.05) is 12.4 Å². The molecular formula is C22H22BrNO2. The molecule has 0 radical (unpaired) electrons. The Bertz CT molecular complexity index is 865. The first kappa shape index (κ1) is 18.3. The Morgan fingerprint density at radius 3 is 2.46 bits per heavy atom. The van der Waals surface area contributed by atoms with Gasteiger partial charge in [0.05, 0.1) is 11.6 Å². The number of hydrogen-bond donors (Lipinski definition) is 1. The van der Waals surface area contributed by atoms with E-state index in [9.17, 15) is 0 Å². The highest BCUT2D eigenvalue weighted by Gasteiger charge is 2.12. The first-order valence-corrected chi connectivity index (χ1v) is 9.28. The van der Waals surface area contributed by atoms with Gasteiger partial charge in [0.2, 0.25) is 0 Å². The first-order valence-electron chi connectivity index (χ1n) is 8.49. The quantitative estimate of drug-likeness (QED) is 0.520. The van der Waals surface area contributed by atoms with Gasteiger partial charge < -0.3 is 14.8 Å². The number of rotatable bonds is 7. The molecule has 0 aliphatic rings. The fourth-order valence-corrected chi connectivity index (χ4v) is 3.34. The number of benzene rings is 3. The van der Waals surface area contributed by atoms with Crippen molar-refractivity contribution in [1.82, 2.24) is 0 Å². The summed E-state index contributed by atoms with van der Waals surface area (Å²) in [5.41, 5.74) is 4.55. The fourth-order valence-electron chi connectivity index (χ4n) is 2.73. The molecule has 1 N–H and O–H groups in total. The second-order valence-electron chi connectivity index (χ2n) is 6.11. The van der Waals surface area contributed by atoms with E-state index in [0.717, 1.165) is 32.8 Å². The summed E-state index contributed by atoms with van der Waals surface area (Å²) >= 11 is 3.62. The number of aryl methyl sites for hydroxylation is 1. The highest BCUT2D eigenvalue weighted by molar-refractivity contribution is 9.10. The van der Waals surface area contributed by atoms with E-state index in [4.69, 9.17) is 9.47 Å². The molecule has 26 heavy (non-hydrogen) atoms. The third kappa shape index (κ3) is 4.79. The molecule has 3 aromatic rings. The molecule has 3 nitrogen and oxygen atoms in total. The molecule has 0 aliphatic heterocycles. The van der Waals surface area contributed by atoms with Crippen LogP contribution in [-0.4, -0.2) is 7.11 Å². The van der Waals surface area contributed by atoms with Gasteiger partial charge in [0, 0.05) is 12.2 Å². The lowest BCUT2D eigenvalue weighted by Crippen LogP contribution is -2.02. The molecule has 0 unspecified atom stereocenters. The Hall–Kier alpha value is -2.46. The van der Waals surface area contributed by atoms with Gasteiger partial charge in [-0.15, -0.1) is 0 Å². The third-order valence-corrected chi connectivity index (χ3v) is 4.61. The zero-order chi connectivity index (χ0) is 18.4. The number of para-hydroxylation sites is 1. The van der Waals surface area contributed by atoms with Gasteiger partial charge in [0.25, 0.3) is 0 Å². The number of halogens is 1. The summed E-state index contributed by atoms with van der Waals surface area (Å²) < 4.78 is 12.5. The Labute approximate surface area is 163 Å². The lowest BCUT2D eigenvalue weighted by atomic mass is 10.1. The van der Waals surface area contributed by atoms with Crippen molar-refractivity contribution >= 4 is 21.6 Å². The van der Waals surface area contributed by atoms with Crippen LogP contribution in [0.1, 0.15) is 16.7 Å². The van der Waals surface area contributed by atoms with Crippen molar-refractivity contribution in [3.8, 4) is 11.5 Å². The predicted molar refractivity (Wildman–Crippen MR) is 110 cm³/mol. The number of hydrogen-bond acceptors (Lipinski definition) is 3. The van der Waals surface area contributed by atoms with E-state index < -0.39 is 0 Å². The van der Waals surface area contributed by atoms with E-state index in [-0.39, 0.29) is 0 Å². The van der Waals surface area contributed by atoms with E-state index in [1.165, 1.54) is 5.56 Å². The van der Waals surface area contributed by atoms with Crippen LogP contribution in [0.15, 0.2) is 71.2 Å². The van der Waals surface area contributed by atoms with Crippen LogP contribution in [0.5, 0.6) is 11.5 Å². The summed E-state index contributed by atoms with van der Waals surface area (Å²) in [7, 11) is 1.66. The average molecular weight is 412 g/mol. The van der Waals surface area contributed by atoms with Crippen LogP contribution in [0.4, 0.5) is 5.69 Å².